The maximum atomic E-state index is 13.1. The van der Waals surface area contributed by atoms with Gasteiger partial charge < -0.3 is 14.8 Å². The first kappa shape index (κ1) is 20.7. The van der Waals surface area contributed by atoms with Crippen LogP contribution in [0, 0.1) is 0 Å². The van der Waals surface area contributed by atoms with Crippen molar-refractivity contribution >= 4 is 21.6 Å². The summed E-state index contributed by atoms with van der Waals surface area (Å²) in [6, 6.07) is 14.6. The molecule has 27 heavy (non-hydrogen) atoms. The van der Waals surface area contributed by atoms with Crippen LogP contribution in [0.5, 0.6) is 5.75 Å². The van der Waals surface area contributed by atoms with Gasteiger partial charge in [-0.2, -0.15) is 0 Å². The van der Waals surface area contributed by atoms with Crippen molar-refractivity contribution < 1.29 is 22.7 Å². The molecule has 0 aromatic heterocycles. The predicted octanol–water partition coefficient (Wildman–Crippen LogP) is 2.04. The lowest BCUT2D eigenvalue weighted by Gasteiger charge is -2.24. The molecule has 0 spiro atoms. The number of carbonyl (C=O) groups excluding carboxylic acids is 1. The molecule has 8 heteroatoms. The molecule has 0 radical (unpaired) electrons. The van der Waals surface area contributed by atoms with Gasteiger partial charge in [0, 0.05) is 13.7 Å². The third-order valence-electron chi connectivity index (χ3n) is 3.68. The first-order valence-corrected chi connectivity index (χ1v) is 9.99. The Morgan fingerprint density at radius 3 is 2.33 bits per heavy atom. The molecule has 0 saturated heterocycles. The van der Waals surface area contributed by atoms with Crippen LogP contribution in [0.3, 0.4) is 0 Å². The highest BCUT2D eigenvalue weighted by Crippen LogP contribution is 2.25. The van der Waals surface area contributed by atoms with Gasteiger partial charge in [0.1, 0.15) is 12.3 Å². The van der Waals surface area contributed by atoms with Crippen LogP contribution in [0.2, 0.25) is 0 Å². The van der Waals surface area contributed by atoms with Gasteiger partial charge in [-0.25, -0.2) is 8.42 Å². The van der Waals surface area contributed by atoms with E-state index >= 15 is 0 Å². The van der Waals surface area contributed by atoms with E-state index in [-0.39, 0.29) is 11.4 Å². The Balaban J connectivity index is 2.32. The number of ether oxygens (including phenoxy) is 2. The van der Waals surface area contributed by atoms with Crippen molar-refractivity contribution in [2.75, 3.05) is 37.7 Å². The summed E-state index contributed by atoms with van der Waals surface area (Å²) >= 11 is 0. The van der Waals surface area contributed by atoms with Crippen molar-refractivity contribution in [3.63, 3.8) is 0 Å². The van der Waals surface area contributed by atoms with E-state index in [4.69, 9.17) is 9.47 Å². The van der Waals surface area contributed by atoms with Gasteiger partial charge in [-0.3, -0.25) is 9.10 Å². The minimum absolute atomic E-state index is 0.114. The molecule has 0 bridgehead atoms. The third-order valence-corrected chi connectivity index (χ3v) is 5.47. The molecule has 0 saturated carbocycles. The monoisotopic (exact) mass is 392 g/mol. The van der Waals surface area contributed by atoms with Gasteiger partial charge in [0.2, 0.25) is 5.91 Å². The lowest BCUT2D eigenvalue weighted by atomic mass is 10.3. The van der Waals surface area contributed by atoms with E-state index in [1.165, 1.54) is 19.2 Å². The number of hydrogen-bond acceptors (Lipinski definition) is 5. The largest absolute Gasteiger partial charge is 0.494 e. The smallest absolute Gasteiger partial charge is 0.264 e. The minimum atomic E-state index is -3.90. The number of nitrogens with zero attached hydrogens (tertiary/aromatic N) is 1. The minimum Gasteiger partial charge on any atom is -0.494 e. The molecular weight excluding hydrogens is 368 g/mol. The highest BCUT2D eigenvalue weighted by atomic mass is 32.2. The molecule has 0 atom stereocenters. The average molecular weight is 392 g/mol. The van der Waals surface area contributed by atoms with Crippen LogP contribution in [0.25, 0.3) is 0 Å². The van der Waals surface area contributed by atoms with Crippen LogP contribution in [-0.2, 0) is 19.6 Å². The number of rotatable bonds is 10. The van der Waals surface area contributed by atoms with E-state index in [2.05, 4.69) is 5.32 Å². The normalized spacial score (nSPS) is 11.0. The zero-order valence-electron chi connectivity index (χ0n) is 15.4. The number of methoxy groups -OCH3 is 1. The van der Waals surface area contributed by atoms with Crippen molar-refractivity contribution in [3.8, 4) is 5.75 Å². The van der Waals surface area contributed by atoms with Gasteiger partial charge in [-0.15, -0.1) is 0 Å². The van der Waals surface area contributed by atoms with E-state index in [0.717, 1.165) is 4.31 Å². The summed E-state index contributed by atoms with van der Waals surface area (Å²) < 4.78 is 37.6. The van der Waals surface area contributed by atoms with Crippen LogP contribution in [0.1, 0.15) is 6.92 Å². The van der Waals surface area contributed by atoms with E-state index in [0.29, 0.717) is 31.2 Å². The maximum absolute atomic E-state index is 13.1. The second-order valence-electron chi connectivity index (χ2n) is 5.59. The Bertz CT molecular complexity index is 823. The fourth-order valence-corrected chi connectivity index (χ4v) is 3.83. The molecule has 0 aliphatic rings. The topological polar surface area (TPSA) is 84.9 Å². The van der Waals surface area contributed by atoms with Gasteiger partial charge in [0.25, 0.3) is 10.0 Å². The summed E-state index contributed by atoms with van der Waals surface area (Å²) in [7, 11) is -2.38. The quantitative estimate of drug-likeness (QED) is 0.626. The van der Waals surface area contributed by atoms with Gasteiger partial charge in [0.05, 0.1) is 23.8 Å². The number of amides is 1. The van der Waals surface area contributed by atoms with Gasteiger partial charge in [-0.1, -0.05) is 18.2 Å². The van der Waals surface area contributed by atoms with Crippen molar-refractivity contribution in [3.05, 3.63) is 54.6 Å². The van der Waals surface area contributed by atoms with Crippen molar-refractivity contribution in [1.29, 1.82) is 0 Å². The molecule has 7 nitrogen and oxygen atoms in total. The van der Waals surface area contributed by atoms with Crippen LogP contribution >= 0.6 is 0 Å². The lowest BCUT2D eigenvalue weighted by molar-refractivity contribution is -0.119. The number of hydrogen-bond donors (Lipinski definition) is 1. The highest BCUT2D eigenvalue weighted by molar-refractivity contribution is 7.92. The SMILES string of the molecule is CCOc1ccc(N(CC(=O)NCCOC)S(=O)(=O)c2ccccc2)cc1. The molecule has 0 aliphatic carbocycles. The first-order chi connectivity index (χ1) is 13.0. The van der Waals surface area contributed by atoms with Crippen LogP contribution in [0.4, 0.5) is 5.69 Å². The van der Waals surface area contributed by atoms with Crippen molar-refractivity contribution in [1.82, 2.24) is 5.32 Å². The molecule has 2 aromatic rings. The van der Waals surface area contributed by atoms with E-state index < -0.39 is 15.9 Å². The molecule has 0 heterocycles. The Hall–Kier alpha value is -2.58. The summed E-state index contributed by atoms with van der Waals surface area (Å²) in [4.78, 5) is 12.4. The average Bonchev–Trinajstić information content (AvgIpc) is 2.68. The lowest BCUT2D eigenvalue weighted by Crippen LogP contribution is -2.41. The fourth-order valence-electron chi connectivity index (χ4n) is 2.39. The Morgan fingerprint density at radius 1 is 1.07 bits per heavy atom. The maximum Gasteiger partial charge on any atom is 0.264 e. The highest BCUT2D eigenvalue weighted by Gasteiger charge is 2.27. The van der Waals surface area contributed by atoms with Crippen LogP contribution < -0.4 is 14.4 Å². The Morgan fingerprint density at radius 2 is 1.74 bits per heavy atom. The molecule has 0 unspecified atom stereocenters. The zero-order valence-corrected chi connectivity index (χ0v) is 16.2. The van der Waals surface area contributed by atoms with E-state index in [9.17, 15) is 13.2 Å². The van der Waals surface area contributed by atoms with E-state index in [1.807, 2.05) is 6.92 Å². The molecule has 2 aromatic carbocycles. The standard InChI is InChI=1S/C19H24N2O5S/c1-3-26-17-11-9-16(10-12-17)21(15-19(22)20-13-14-25-2)27(23,24)18-7-5-4-6-8-18/h4-12H,3,13-15H2,1-2H3,(H,20,22). The molecule has 0 fully saturated rings. The first-order valence-electron chi connectivity index (χ1n) is 8.55. The Kier molecular flexibility index (Phi) is 7.63. The second-order valence-corrected chi connectivity index (χ2v) is 7.46. The predicted molar refractivity (Wildman–Crippen MR) is 103 cm³/mol. The molecule has 2 rings (SSSR count). The third kappa shape index (κ3) is 5.70. The second kappa shape index (κ2) is 9.94. The van der Waals surface area contributed by atoms with E-state index in [1.54, 1.807) is 42.5 Å². The number of benzene rings is 2. The van der Waals surface area contributed by atoms with Crippen LogP contribution in [0.15, 0.2) is 59.5 Å². The molecule has 0 aliphatic heterocycles. The molecular formula is C19H24N2O5S. The van der Waals surface area contributed by atoms with Gasteiger partial charge in [0.15, 0.2) is 0 Å². The number of sulfonamides is 1. The van der Waals surface area contributed by atoms with Gasteiger partial charge >= 0.3 is 0 Å². The molecule has 1 amide bonds. The molecule has 1 N–H and O–H groups in total. The Labute approximate surface area is 160 Å². The molecule has 146 valence electrons. The number of carbonyl (C=O) groups is 1. The van der Waals surface area contributed by atoms with Crippen molar-refractivity contribution in [2.45, 2.75) is 11.8 Å². The fraction of sp³-hybridized carbons (Fsp3) is 0.316. The summed E-state index contributed by atoms with van der Waals surface area (Å²) in [5.41, 5.74) is 0.379. The number of nitrogens with one attached hydrogen (secondary N) is 1. The summed E-state index contributed by atoms with van der Waals surface area (Å²) in [6.07, 6.45) is 0. The zero-order chi connectivity index (χ0) is 19.7. The summed E-state index contributed by atoms with van der Waals surface area (Å²) in [5, 5.41) is 2.64. The summed E-state index contributed by atoms with van der Waals surface area (Å²) in [6.45, 7) is 2.69. The number of anilines is 1. The van der Waals surface area contributed by atoms with Gasteiger partial charge in [-0.05, 0) is 43.3 Å². The summed E-state index contributed by atoms with van der Waals surface area (Å²) in [5.74, 6) is 0.211. The van der Waals surface area contributed by atoms with Crippen LogP contribution in [-0.4, -0.2) is 47.7 Å². The van der Waals surface area contributed by atoms with Crippen molar-refractivity contribution in [2.24, 2.45) is 0 Å².